The number of anilines is 3. The number of nitrogens with zero attached hydrogens (tertiary/aromatic N) is 7. The molecule has 3 aromatic rings. The van der Waals surface area contributed by atoms with Crippen molar-refractivity contribution < 1.29 is 0 Å². The molecular formula is C21H26N8. The highest BCUT2D eigenvalue weighted by atomic mass is 15.3. The number of hydrogen-bond donors (Lipinski definition) is 1. The second-order valence-corrected chi connectivity index (χ2v) is 7.87. The number of piperazine rings is 1. The molecule has 0 radical (unpaired) electrons. The van der Waals surface area contributed by atoms with E-state index < -0.39 is 0 Å². The van der Waals surface area contributed by atoms with Crippen LogP contribution in [0.3, 0.4) is 0 Å². The lowest BCUT2D eigenvalue weighted by Gasteiger charge is -2.38. The zero-order valence-electron chi connectivity index (χ0n) is 16.9. The monoisotopic (exact) mass is 390 g/mol. The molecule has 0 aromatic carbocycles. The van der Waals surface area contributed by atoms with E-state index in [0.717, 1.165) is 67.5 Å². The van der Waals surface area contributed by atoms with Crippen LogP contribution in [0.2, 0.25) is 0 Å². The molecule has 0 aliphatic carbocycles. The predicted molar refractivity (Wildman–Crippen MR) is 116 cm³/mol. The Morgan fingerprint density at radius 2 is 1.86 bits per heavy atom. The lowest BCUT2D eigenvalue weighted by molar-refractivity contribution is 0.209. The average Bonchev–Trinajstić information content (AvgIpc) is 3.12. The van der Waals surface area contributed by atoms with Gasteiger partial charge in [0.05, 0.1) is 24.1 Å². The molecule has 0 unspecified atom stereocenters. The summed E-state index contributed by atoms with van der Waals surface area (Å²) in [4.78, 5) is 23.0. The first-order chi connectivity index (χ1) is 14.2. The van der Waals surface area contributed by atoms with Crippen molar-refractivity contribution in [2.75, 3.05) is 42.9 Å². The maximum atomic E-state index is 4.70. The minimum Gasteiger partial charge on any atom is -0.368 e. The third-order valence-corrected chi connectivity index (χ3v) is 5.74. The fourth-order valence-electron chi connectivity index (χ4n) is 4.04. The number of hydrogen-bond acceptors (Lipinski definition) is 7. The van der Waals surface area contributed by atoms with Crippen molar-refractivity contribution in [3.8, 4) is 0 Å². The van der Waals surface area contributed by atoms with Gasteiger partial charge in [-0.25, -0.2) is 9.97 Å². The SMILES string of the molecule is CC(C)N1CCN(c2ccc(Nc3ncc4cc5n(c4n3)CCN=C5)nc2)CC1. The molecule has 0 bridgehead atoms. The Bertz CT molecular complexity index is 1030. The van der Waals surface area contributed by atoms with Crippen molar-refractivity contribution >= 4 is 34.7 Å². The van der Waals surface area contributed by atoms with E-state index in [0.29, 0.717) is 12.0 Å². The molecule has 1 fully saturated rings. The zero-order chi connectivity index (χ0) is 19.8. The van der Waals surface area contributed by atoms with E-state index in [2.05, 4.69) is 60.6 Å². The van der Waals surface area contributed by atoms with Gasteiger partial charge in [0.25, 0.3) is 0 Å². The van der Waals surface area contributed by atoms with Gasteiger partial charge in [-0.2, -0.15) is 4.98 Å². The highest BCUT2D eigenvalue weighted by Gasteiger charge is 2.19. The van der Waals surface area contributed by atoms with Gasteiger partial charge in [0, 0.05) is 56.6 Å². The Hall–Kier alpha value is -3.00. The third kappa shape index (κ3) is 3.55. The topological polar surface area (TPSA) is 74.5 Å². The van der Waals surface area contributed by atoms with Crippen LogP contribution in [0.25, 0.3) is 11.0 Å². The van der Waals surface area contributed by atoms with Gasteiger partial charge in [0.2, 0.25) is 5.95 Å². The molecule has 150 valence electrons. The molecule has 3 aromatic heterocycles. The number of pyridine rings is 1. The number of nitrogens with one attached hydrogen (secondary N) is 1. The van der Waals surface area contributed by atoms with Crippen LogP contribution in [0.15, 0.2) is 35.6 Å². The molecule has 0 spiro atoms. The first-order valence-electron chi connectivity index (χ1n) is 10.3. The smallest absolute Gasteiger partial charge is 0.230 e. The van der Waals surface area contributed by atoms with Crippen LogP contribution in [-0.2, 0) is 6.54 Å². The average molecular weight is 390 g/mol. The highest BCUT2D eigenvalue weighted by molar-refractivity contribution is 5.89. The Kier molecular flexibility index (Phi) is 4.63. The molecule has 8 nitrogen and oxygen atoms in total. The van der Waals surface area contributed by atoms with Gasteiger partial charge in [-0.15, -0.1) is 0 Å². The highest BCUT2D eigenvalue weighted by Crippen LogP contribution is 2.22. The van der Waals surface area contributed by atoms with Gasteiger partial charge < -0.3 is 14.8 Å². The van der Waals surface area contributed by atoms with Crippen LogP contribution >= 0.6 is 0 Å². The number of rotatable bonds is 4. The summed E-state index contributed by atoms with van der Waals surface area (Å²) in [5.41, 5.74) is 3.18. The van der Waals surface area contributed by atoms with Gasteiger partial charge in [0.1, 0.15) is 11.5 Å². The second kappa shape index (κ2) is 7.44. The molecule has 2 aliphatic heterocycles. The lowest BCUT2D eigenvalue weighted by Crippen LogP contribution is -2.48. The summed E-state index contributed by atoms with van der Waals surface area (Å²) in [6, 6.07) is 6.80. The summed E-state index contributed by atoms with van der Waals surface area (Å²) in [5, 5.41) is 4.27. The lowest BCUT2D eigenvalue weighted by atomic mass is 10.2. The summed E-state index contributed by atoms with van der Waals surface area (Å²) >= 11 is 0. The molecule has 0 atom stereocenters. The molecule has 29 heavy (non-hydrogen) atoms. The third-order valence-electron chi connectivity index (χ3n) is 5.74. The Morgan fingerprint density at radius 3 is 2.62 bits per heavy atom. The summed E-state index contributed by atoms with van der Waals surface area (Å²) < 4.78 is 2.18. The van der Waals surface area contributed by atoms with E-state index in [4.69, 9.17) is 4.98 Å². The predicted octanol–water partition coefficient (Wildman–Crippen LogP) is 2.53. The number of aliphatic imine (C=N–C) groups is 1. The van der Waals surface area contributed by atoms with Crippen molar-refractivity contribution in [2.24, 2.45) is 4.99 Å². The summed E-state index contributed by atoms with van der Waals surface area (Å²) in [6.07, 6.45) is 5.69. The number of aromatic nitrogens is 4. The van der Waals surface area contributed by atoms with E-state index in [1.165, 1.54) is 0 Å². The zero-order valence-corrected chi connectivity index (χ0v) is 16.9. The largest absolute Gasteiger partial charge is 0.368 e. The molecule has 1 saturated heterocycles. The van der Waals surface area contributed by atoms with Gasteiger partial charge >= 0.3 is 0 Å². The summed E-state index contributed by atoms with van der Waals surface area (Å²) in [7, 11) is 0. The molecule has 1 N–H and O–H groups in total. The molecular weight excluding hydrogens is 364 g/mol. The van der Waals surface area contributed by atoms with Gasteiger partial charge in [0.15, 0.2) is 0 Å². The van der Waals surface area contributed by atoms with Crippen molar-refractivity contribution in [1.82, 2.24) is 24.4 Å². The first kappa shape index (κ1) is 18.1. The minimum atomic E-state index is 0.562. The van der Waals surface area contributed by atoms with E-state index in [9.17, 15) is 0 Å². The summed E-state index contributed by atoms with van der Waals surface area (Å²) in [6.45, 7) is 10.4. The van der Waals surface area contributed by atoms with E-state index in [1.807, 2.05) is 24.7 Å². The summed E-state index contributed by atoms with van der Waals surface area (Å²) in [5.74, 6) is 1.31. The van der Waals surface area contributed by atoms with Crippen molar-refractivity contribution in [2.45, 2.75) is 26.4 Å². The van der Waals surface area contributed by atoms with Crippen molar-refractivity contribution in [1.29, 1.82) is 0 Å². The maximum Gasteiger partial charge on any atom is 0.230 e. The molecule has 5 rings (SSSR count). The standard InChI is InChI=1S/C21H26N8/c1-15(2)27-7-9-28(10-8-27)17-3-4-19(23-14-17)25-21-24-12-16-11-18-13-22-5-6-29(18)20(16)26-21/h3-4,11-15H,5-10H2,1-2H3,(H,23,24,25,26). The minimum absolute atomic E-state index is 0.562. The normalized spacial score (nSPS) is 17.1. The Labute approximate surface area is 170 Å². The molecule has 0 amide bonds. The first-order valence-corrected chi connectivity index (χ1v) is 10.3. The van der Waals surface area contributed by atoms with E-state index >= 15 is 0 Å². The van der Waals surface area contributed by atoms with E-state index in [-0.39, 0.29) is 0 Å². The van der Waals surface area contributed by atoms with Crippen LogP contribution in [-0.4, -0.2) is 69.4 Å². The van der Waals surface area contributed by atoms with Gasteiger partial charge in [-0.3, -0.25) is 9.89 Å². The molecule has 0 saturated carbocycles. The Morgan fingerprint density at radius 1 is 1.00 bits per heavy atom. The fraction of sp³-hybridized carbons (Fsp3) is 0.429. The van der Waals surface area contributed by atoms with Crippen molar-refractivity contribution in [3.63, 3.8) is 0 Å². The fourth-order valence-corrected chi connectivity index (χ4v) is 4.04. The second-order valence-electron chi connectivity index (χ2n) is 7.87. The van der Waals surface area contributed by atoms with Crippen LogP contribution in [0.5, 0.6) is 0 Å². The molecule has 5 heterocycles. The van der Waals surface area contributed by atoms with E-state index in [1.54, 1.807) is 0 Å². The van der Waals surface area contributed by atoms with Gasteiger partial charge in [-0.05, 0) is 32.0 Å². The number of fused-ring (bicyclic) bond motifs is 3. The maximum absolute atomic E-state index is 4.70. The van der Waals surface area contributed by atoms with Crippen LogP contribution < -0.4 is 10.2 Å². The van der Waals surface area contributed by atoms with Gasteiger partial charge in [-0.1, -0.05) is 0 Å². The molecule has 8 heteroatoms. The molecule has 2 aliphatic rings. The van der Waals surface area contributed by atoms with Crippen LogP contribution in [0.1, 0.15) is 19.5 Å². The Balaban J connectivity index is 1.29. The quantitative estimate of drug-likeness (QED) is 0.738. The van der Waals surface area contributed by atoms with Crippen LogP contribution in [0, 0.1) is 0 Å². The van der Waals surface area contributed by atoms with Crippen LogP contribution in [0.4, 0.5) is 17.5 Å². The van der Waals surface area contributed by atoms with Crippen molar-refractivity contribution in [3.05, 3.63) is 36.3 Å².